The molecule has 0 aromatic carbocycles. The van der Waals surface area contributed by atoms with Gasteiger partial charge in [-0.2, -0.15) is 0 Å². The monoisotopic (exact) mass is 606 g/mol. The Morgan fingerprint density at radius 1 is 0.700 bits per heavy atom. The molecule has 0 saturated heterocycles. The summed E-state index contributed by atoms with van der Waals surface area (Å²) in [6.07, 6.45) is 25.9. The molecule has 0 aliphatic carbocycles. The maximum Gasteiger partial charge on any atom is -0.0683 e. The van der Waals surface area contributed by atoms with Gasteiger partial charge in [0, 0.05) is 0 Å². The van der Waals surface area contributed by atoms with Crippen LogP contribution in [0.2, 0.25) is 0 Å². The average molecular weight is 606 g/mol. The molecular weight excluding hydrogens is 584 g/mol. The van der Waals surface area contributed by atoms with Crippen LogP contribution in [-0.4, -0.2) is 8.80 Å². The molecule has 0 radical (unpaired) electrons. The molecule has 0 bridgehead atoms. The number of allylic oxidation sites excluding steroid dienone is 8. The quantitative estimate of drug-likeness (QED) is 0.260. The molecule has 108 valence electrons. The second-order valence-corrected chi connectivity index (χ2v) is 3.91. The van der Waals surface area contributed by atoms with Crippen LogP contribution in [0.3, 0.4) is 0 Å². The Balaban J connectivity index is -0.000000102. The van der Waals surface area contributed by atoms with Gasteiger partial charge in [-0.3, -0.25) is 0 Å². The normalized spacial score (nSPS) is 8.50. The third-order valence-electron chi connectivity index (χ3n) is 0.905. The van der Waals surface area contributed by atoms with Gasteiger partial charge in [-0.15, -0.1) is 0 Å². The van der Waals surface area contributed by atoms with Crippen LogP contribution in [0, 0.1) is 36.8 Å². The molecule has 2 heteroatoms. The molecule has 0 rings (SSSR count). The molecule has 0 fully saturated rings. The molecule has 0 nitrogen and oxygen atoms in total. The van der Waals surface area contributed by atoms with Gasteiger partial charge in [-0.1, -0.05) is 27.7 Å². The molecule has 0 amide bonds. The Kier molecular flexibility index (Phi) is 59.1. The largest absolute Gasteiger partial charge is 0.0683 e. The zero-order valence-electron chi connectivity index (χ0n) is 12.6. The van der Waals surface area contributed by atoms with E-state index in [9.17, 15) is 0 Å². The number of rotatable bonds is 4. The Hall–Kier alpha value is -0.803. The SMILES string of the molecule is C#C[C-]=CC=C[CH]=[W].C#C[C-]=CC=C[CH]=[W].CC.CC. The molecule has 20 heavy (non-hydrogen) atoms. The van der Waals surface area contributed by atoms with Crippen molar-refractivity contribution in [3.8, 4) is 24.7 Å². The van der Waals surface area contributed by atoms with Gasteiger partial charge in [0.2, 0.25) is 0 Å². The van der Waals surface area contributed by atoms with Crippen molar-refractivity contribution in [1.29, 1.82) is 0 Å². The second kappa shape index (κ2) is 42.9. The van der Waals surface area contributed by atoms with E-state index < -0.39 is 0 Å². The van der Waals surface area contributed by atoms with Crippen LogP contribution in [0.5, 0.6) is 0 Å². The molecule has 0 N–H and O–H groups in total. The molecule has 0 heterocycles. The first-order valence-corrected chi connectivity index (χ1v) is 9.51. The van der Waals surface area contributed by atoms with Crippen LogP contribution < -0.4 is 0 Å². The minimum absolute atomic E-state index is 1.44. The van der Waals surface area contributed by atoms with E-state index in [1.165, 1.54) is 38.7 Å². The fourth-order valence-corrected chi connectivity index (χ4v) is 1.05. The maximum atomic E-state index is 4.88. The zero-order chi connectivity index (χ0) is 16.5. The molecule has 0 unspecified atom stereocenters. The molecule has 0 spiro atoms. The molecular formula is C18H22W2-2. The van der Waals surface area contributed by atoms with E-state index in [1.807, 2.05) is 60.8 Å². The Morgan fingerprint density at radius 2 is 1.00 bits per heavy atom. The van der Waals surface area contributed by atoms with Gasteiger partial charge in [0.05, 0.1) is 0 Å². The minimum Gasteiger partial charge on any atom is -0.0683 e. The first-order chi connectivity index (χ1) is 9.83. The van der Waals surface area contributed by atoms with Gasteiger partial charge < -0.3 is 0 Å². The summed E-state index contributed by atoms with van der Waals surface area (Å²) in [7, 11) is 0. The maximum absolute atomic E-state index is 4.88. The summed E-state index contributed by atoms with van der Waals surface area (Å²) in [6.45, 7) is 8.00. The van der Waals surface area contributed by atoms with Gasteiger partial charge in [-0.05, 0) is 0 Å². The van der Waals surface area contributed by atoms with Gasteiger partial charge in [0.15, 0.2) is 0 Å². The van der Waals surface area contributed by atoms with E-state index in [4.69, 9.17) is 12.8 Å². The Labute approximate surface area is 148 Å². The van der Waals surface area contributed by atoms with Crippen LogP contribution in [-0.2, 0) is 38.7 Å². The fourth-order valence-electron chi connectivity index (χ4n) is 0.394. The molecule has 0 aromatic heterocycles. The number of terminal acetylenes is 2. The fraction of sp³-hybridized carbons (Fsp3) is 0.222. The molecule has 0 atom stereocenters. The van der Waals surface area contributed by atoms with Gasteiger partial charge in [0.1, 0.15) is 0 Å². The van der Waals surface area contributed by atoms with Crippen LogP contribution in [0.1, 0.15) is 27.7 Å². The van der Waals surface area contributed by atoms with E-state index in [1.54, 1.807) is 12.2 Å². The van der Waals surface area contributed by atoms with Crippen molar-refractivity contribution in [1.82, 2.24) is 0 Å². The van der Waals surface area contributed by atoms with Gasteiger partial charge >= 0.3 is 121 Å². The van der Waals surface area contributed by atoms with Crippen molar-refractivity contribution in [3.05, 3.63) is 48.6 Å². The summed E-state index contributed by atoms with van der Waals surface area (Å²) < 4.78 is 4.02. The predicted molar refractivity (Wildman–Crippen MR) is 86.4 cm³/mol. The van der Waals surface area contributed by atoms with Crippen LogP contribution in [0.4, 0.5) is 0 Å². The van der Waals surface area contributed by atoms with Crippen LogP contribution in [0.25, 0.3) is 0 Å². The second-order valence-electron chi connectivity index (χ2n) is 1.95. The molecule has 0 aliphatic heterocycles. The van der Waals surface area contributed by atoms with Crippen molar-refractivity contribution >= 4 is 8.80 Å². The van der Waals surface area contributed by atoms with Crippen molar-refractivity contribution in [2.45, 2.75) is 27.7 Å². The van der Waals surface area contributed by atoms with E-state index >= 15 is 0 Å². The molecule has 0 aromatic rings. The van der Waals surface area contributed by atoms with E-state index in [0.717, 1.165) is 0 Å². The first kappa shape index (κ1) is 27.5. The minimum atomic E-state index is 1.44. The summed E-state index contributed by atoms with van der Waals surface area (Å²) in [5, 5.41) is 0. The summed E-state index contributed by atoms with van der Waals surface area (Å²) in [5.74, 6) is 4.53. The standard InChI is InChI=1S/2C7H5.2C2H6.2W/c2*1-3-5-7-6-4-2;2*1-2;;/h2*1-3,5,7H;2*1-2H3;;/q2*-1;;;;. The topological polar surface area (TPSA) is 0 Å². The van der Waals surface area contributed by atoms with Crippen LogP contribution in [0.15, 0.2) is 36.5 Å². The third kappa shape index (κ3) is 53.3. The number of hydrogen-bond acceptors (Lipinski definition) is 0. The molecule has 0 saturated carbocycles. The average Bonchev–Trinajstić information content (AvgIpc) is 2.53. The van der Waals surface area contributed by atoms with E-state index in [2.05, 4.69) is 24.0 Å². The van der Waals surface area contributed by atoms with Crippen LogP contribution >= 0.6 is 0 Å². The van der Waals surface area contributed by atoms with Crippen molar-refractivity contribution in [3.63, 3.8) is 0 Å². The summed E-state index contributed by atoms with van der Waals surface area (Å²) in [4.78, 5) is 0. The Bertz CT molecular complexity index is 331. The summed E-state index contributed by atoms with van der Waals surface area (Å²) in [5.41, 5.74) is 0. The summed E-state index contributed by atoms with van der Waals surface area (Å²) in [6, 6.07) is 0. The number of hydrogen-bond donors (Lipinski definition) is 0. The molecule has 0 aliphatic rings. The first-order valence-electron chi connectivity index (χ1n) is 6.13. The van der Waals surface area contributed by atoms with Crippen molar-refractivity contribution in [2.75, 3.05) is 0 Å². The van der Waals surface area contributed by atoms with Crippen molar-refractivity contribution < 1.29 is 38.7 Å². The van der Waals surface area contributed by atoms with Gasteiger partial charge in [-0.25, -0.2) is 0 Å². The third-order valence-corrected chi connectivity index (χ3v) is 2.03. The van der Waals surface area contributed by atoms with Crippen molar-refractivity contribution in [2.24, 2.45) is 0 Å². The predicted octanol–water partition coefficient (Wildman–Crippen LogP) is 3.82. The zero-order valence-corrected chi connectivity index (χ0v) is 18.5. The Morgan fingerprint density at radius 3 is 1.20 bits per heavy atom. The summed E-state index contributed by atoms with van der Waals surface area (Å²) >= 11 is 2.87. The van der Waals surface area contributed by atoms with E-state index in [-0.39, 0.29) is 0 Å². The van der Waals surface area contributed by atoms with Gasteiger partial charge in [0.25, 0.3) is 0 Å². The smallest absolute Gasteiger partial charge is 0.0683 e. The van der Waals surface area contributed by atoms with E-state index in [0.29, 0.717) is 0 Å².